The van der Waals surface area contributed by atoms with Crippen molar-refractivity contribution in [3.05, 3.63) is 56.7 Å². The number of fused-ring (bicyclic) bond motifs is 1. The minimum absolute atomic E-state index is 0.569. The maximum Gasteiger partial charge on any atom is 0.144 e. The molecule has 1 aromatic carbocycles. The SMILES string of the molecule is N#Cc1cc2ccccc2nc1NCc1ccc(Br)s1. The highest BCUT2D eigenvalue weighted by Crippen LogP contribution is 2.24. The van der Waals surface area contributed by atoms with Crippen LogP contribution < -0.4 is 5.32 Å². The van der Waals surface area contributed by atoms with Gasteiger partial charge in [-0.25, -0.2) is 4.98 Å². The third-order valence-corrected chi connectivity index (χ3v) is 4.53. The summed E-state index contributed by atoms with van der Waals surface area (Å²) in [5.41, 5.74) is 1.46. The summed E-state index contributed by atoms with van der Waals surface area (Å²) in [6, 6.07) is 15.9. The van der Waals surface area contributed by atoms with Gasteiger partial charge in [-0.3, -0.25) is 0 Å². The number of nitrogens with zero attached hydrogens (tertiary/aromatic N) is 2. The highest BCUT2D eigenvalue weighted by Gasteiger charge is 2.07. The van der Waals surface area contributed by atoms with E-state index in [-0.39, 0.29) is 0 Å². The average molecular weight is 344 g/mol. The highest BCUT2D eigenvalue weighted by molar-refractivity contribution is 9.11. The van der Waals surface area contributed by atoms with Crippen LogP contribution in [0, 0.1) is 11.3 Å². The average Bonchev–Trinajstić information content (AvgIpc) is 2.89. The van der Waals surface area contributed by atoms with Crippen LogP contribution >= 0.6 is 27.3 Å². The molecule has 2 aromatic heterocycles. The molecule has 0 amide bonds. The third-order valence-electron chi connectivity index (χ3n) is 2.90. The molecule has 0 radical (unpaired) electrons. The second-order valence-corrected chi connectivity index (χ2v) is 6.80. The lowest BCUT2D eigenvalue weighted by Crippen LogP contribution is -2.02. The molecule has 3 rings (SSSR count). The number of para-hydroxylation sites is 1. The van der Waals surface area contributed by atoms with Crippen LogP contribution in [-0.4, -0.2) is 4.98 Å². The lowest BCUT2D eigenvalue weighted by molar-refractivity contribution is 1.15. The Morgan fingerprint density at radius 3 is 2.85 bits per heavy atom. The van der Waals surface area contributed by atoms with Crippen LogP contribution in [0.2, 0.25) is 0 Å². The van der Waals surface area contributed by atoms with Crippen molar-refractivity contribution in [2.24, 2.45) is 0 Å². The highest BCUT2D eigenvalue weighted by atomic mass is 79.9. The molecule has 0 spiro atoms. The van der Waals surface area contributed by atoms with E-state index >= 15 is 0 Å². The van der Waals surface area contributed by atoms with Gasteiger partial charge in [-0.15, -0.1) is 11.3 Å². The maximum absolute atomic E-state index is 9.24. The normalized spacial score (nSPS) is 10.4. The summed E-state index contributed by atoms with van der Waals surface area (Å²) in [5, 5.41) is 13.5. The Balaban J connectivity index is 1.92. The van der Waals surface area contributed by atoms with Crippen molar-refractivity contribution in [3.63, 3.8) is 0 Å². The first kappa shape index (κ1) is 13.1. The van der Waals surface area contributed by atoms with E-state index < -0.39 is 0 Å². The molecule has 0 saturated carbocycles. The van der Waals surface area contributed by atoms with Crippen LogP contribution in [-0.2, 0) is 6.54 Å². The number of benzene rings is 1. The summed E-state index contributed by atoms with van der Waals surface area (Å²) >= 11 is 5.11. The molecule has 0 atom stereocenters. The first-order chi connectivity index (χ1) is 9.76. The van der Waals surface area contributed by atoms with Crippen molar-refractivity contribution in [2.75, 3.05) is 5.32 Å². The number of pyridine rings is 1. The van der Waals surface area contributed by atoms with Gasteiger partial charge in [0.2, 0.25) is 0 Å². The Labute approximate surface area is 129 Å². The van der Waals surface area contributed by atoms with Crippen LogP contribution in [0.4, 0.5) is 5.82 Å². The van der Waals surface area contributed by atoms with Crippen LogP contribution in [0.1, 0.15) is 10.4 Å². The Morgan fingerprint density at radius 2 is 2.10 bits per heavy atom. The van der Waals surface area contributed by atoms with Gasteiger partial charge < -0.3 is 5.32 Å². The predicted octanol–water partition coefficient (Wildman–Crippen LogP) is 4.54. The summed E-state index contributed by atoms with van der Waals surface area (Å²) in [4.78, 5) is 5.72. The number of rotatable bonds is 3. The first-order valence-electron chi connectivity index (χ1n) is 6.04. The van der Waals surface area contributed by atoms with E-state index in [4.69, 9.17) is 0 Å². The fourth-order valence-corrected chi connectivity index (χ4v) is 3.38. The molecule has 0 aliphatic rings. The molecule has 5 heteroatoms. The minimum Gasteiger partial charge on any atom is -0.364 e. The molecular formula is C15H10BrN3S. The van der Waals surface area contributed by atoms with Gasteiger partial charge in [0.25, 0.3) is 0 Å². The van der Waals surface area contributed by atoms with E-state index in [2.05, 4.69) is 38.4 Å². The predicted molar refractivity (Wildman–Crippen MR) is 85.8 cm³/mol. The molecule has 1 N–H and O–H groups in total. The zero-order chi connectivity index (χ0) is 13.9. The number of halogens is 1. The number of hydrogen-bond acceptors (Lipinski definition) is 4. The van der Waals surface area contributed by atoms with Crippen molar-refractivity contribution in [2.45, 2.75) is 6.54 Å². The van der Waals surface area contributed by atoms with Gasteiger partial charge in [0.15, 0.2) is 0 Å². The standard InChI is InChI=1S/C15H10BrN3S/c16-14-6-5-12(20-14)9-18-15-11(8-17)7-10-3-1-2-4-13(10)19-15/h1-7H,9H2,(H,18,19). The van der Waals surface area contributed by atoms with E-state index in [1.807, 2.05) is 36.4 Å². The van der Waals surface area contributed by atoms with Crippen molar-refractivity contribution < 1.29 is 0 Å². The third kappa shape index (κ3) is 2.67. The summed E-state index contributed by atoms with van der Waals surface area (Å²) < 4.78 is 1.10. The second kappa shape index (κ2) is 5.61. The molecule has 98 valence electrons. The number of aromatic nitrogens is 1. The van der Waals surface area contributed by atoms with E-state index in [0.717, 1.165) is 14.7 Å². The lowest BCUT2D eigenvalue weighted by atomic mass is 10.1. The molecule has 0 bridgehead atoms. The smallest absolute Gasteiger partial charge is 0.144 e. The molecule has 0 unspecified atom stereocenters. The molecule has 20 heavy (non-hydrogen) atoms. The van der Waals surface area contributed by atoms with E-state index in [1.165, 1.54) is 4.88 Å². The fourth-order valence-electron chi connectivity index (χ4n) is 1.95. The van der Waals surface area contributed by atoms with E-state index in [9.17, 15) is 5.26 Å². The molecule has 0 aliphatic carbocycles. The summed E-state index contributed by atoms with van der Waals surface area (Å²) in [5.74, 6) is 0.635. The zero-order valence-corrected chi connectivity index (χ0v) is 12.8. The van der Waals surface area contributed by atoms with Crippen LogP contribution in [0.5, 0.6) is 0 Å². The van der Waals surface area contributed by atoms with Crippen molar-refractivity contribution in [1.29, 1.82) is 5.26 Å². The molecular weight excluding hydrogens is 334 g/mol. The number of anilines is 1. The van der Waals surface area contributed by atoms with Crippen molar-refractivity contribution in [3.8, 4) is 6.07 Å². The van der Waals surface area contributed by atoms with Gasteiger partial charge in [0.05, 0.1) is 21.4 Å². The summed E-state index contributed by atoms with van der Waals surface area (Å²) in [7, 11) is 0. The van der Waals surface area contributed by atoms with E-state index in [1.54, 1.807) is 11.3 Å². The van der Waals surface area contributed by atoms with Crippen LogP contribution in [0.3, 0.4) is 0 Å². The van der Waals surface area contributed by atoms with Gasteiger partial charge in [0, 0.05) is 10.3 Å². The lowest BCUT2D eigenvalue weighted by Gasteiger charge is -2.07. The molecule has 0 fully saturated rings. The van der Waals surface area contributed by atoms with Crippen LogP contribution in [0.15, 0.2) is 46.3 Å². The molecule has 0 aliphatic heterocycles. The number of hydrogen-bond donors (Lipinski definition) is 1. The van der Waals surface area contributed by atoms with Crippen molar-refractivity contribution in [1.82, 2.24) is 4.98 Å². The second-order valence-electron chi connectivity index (χ2n) is 4.25. The quantitative estimate of drug-likeness (QED) is 0.759. The zero-order valence-electron chi connectivity index (χ0n) is 10.4. The van der Waals surface area contributed by atoms with Gasteiger partial charge in [0.1, 0.15) is 11.9 Å². The Morgan fingerprint density at radius 1 is 1.25 bits per heavy atom. The maximum atomic E-state index is 9.24. The monoisotopic (exact) mass is 343 g/mol. The topological polar surface area (TPSA) is 48.7 Å². The first-order valence-corrected chi connectivity index (χ1v) is 7.65. The largest absolute Gasteiger partial charge is 0.364 e. The molecule has 2 heterocycles. The number of nitrogens with one attached hydrogen (secondary N) is 1. The van der Waals surface area contributed by atoms with Crippen molar-refractivity contribution >= 4 is 44.0 Å². The van der Waals surface area contributed by atoms with Gasteiger partial charge in [-0.05, 0) is 40.2 Å². The minimum atomic E-state index is 0.569. The fraction of sp³-hybridized carbons (Fsp3) is 0.0667. The molecule has 3 nitrogen and oxygen atoms in total. The summed E-state index contributed by atoms with van der Waals surface area (Å²) in [6.07, 6.45) is 0. The number of thiophene rings is 1. The molecule has 0 saturated heterocycles. The number of nitriles is 1. The molecule has 3 aromatic rings. The van der Waals surface area contributed by atoms with Crippen LogP contribution in [0.25, 0.3) is 10.9 Å². The Kier molecular flexibility index (Phi) is 3.68. The van der Waals surface area contributed by atoms with E-state index in [0.29, 0.717) is 17.9 Å². The van der Waals surface area contributed by atoms with Gasteiger partial charge in [-0.2, -0.15) is 5.26 Å². The Hall–Kier alpha value is -1.90. The summed E-state index contributed by atoms with van der Waals surface area (Å²) in [6.45, 7) is 0.663. The Bertz CT molecular complexity index is 804. The van der Waals surface area contributed by atoms with Gasteiger partial charge >= 0.3 is 0 Å². The van der Waals surface area contributed by atoms with Gasteiger partial charge in [-0.1, -0.05) is 18.2 Å².